The molecule has 0 aliphatic carbocycles. The normalized spacial score (nSPS) is 11.5. The van der Waals surface area contributed by atoms with Crippen molar-refractivity contribution in [2.24, 2.45) is 0 Å². The summed E-state index contributed by atoms with van der Waals surface area (Å²) in [5.41, 5.74) is 5.69. The van der Waals surface area contributed by atoms with Crippen LogP contribution in [0, 0.1) is 0 Å². The molecule has 0 amide bonds. The van der Waals surface area contributed by atoms with Crippen LogP contribution in [0.3, 0.4) is 0 Å². The van der Waals surface area contributed by atoms with Gasteiger partial charge in [-0.2, -0.15) is 0 Å². The van der Waals surface area contributed by atoms with Crippen LogP contribution in [0.1, 0.15) is 0 Å². The second-order valence-electron chi connectivity index (χ2n) is 8.79. The van der Waals surface area contributed by atoms with Gasteiger partial charge in [0.25, 0.3) is 0 Å². The van der Waals surface area contributed by atoms with Crippen LogP contribution in [-0.4, -0.2) is 4.98 Å². The van der Waals surface area contributed by atoms with Gasteiger partial charge in [-0.25, -0.2) is 4.98 Å². The van der Waals surface area contributed by atoms with Gasteiger partial charge in [0.1, 0.15) is 0 Å². The lowest BCUT2D eigenvalue weighted by molar-refractivity contribution is 1.41. The third-order valence-corrected chi connectivity index (χ3v) is 6.82. The van der Waals surface area contributed by atoms with Crippen molar-refractivity contribution in [1.29, 1.82) is 0 Å². The molecule has 1 aromatic heterocycles. The molecule has 34 heavy (non-hydrogen) atoms. The summed E-state index contributed by atoms with van der Waals surface area (Å²) in [6.07, 6.45) is 0. The predicted octanol–water partition coefficient (Wildman–Crippen LogP) is 9.03. The molecular weight excluding hydrogens is 410 g/mol. The number of nitrogens with zero attached hydrogens (tertiary/aromatic N) is 1. The average Bonchev–Trinajstić information content (AvgIpc) is 2.92. The zero-order chi connectivity index (χ0) is 22.5. The minimum absolute atomic E-state index is 1.01. The van der Waals surface area contributed by atoms with E-state index in [1.54, 1.807) is 0 Å². The molecule has 0 N–H and O–H groups in total. The van der Waals surface area contributed by atoms with Gasteiger partial charge in [-0.15, -0.1) is 0 Å². The highest BCUT2D eigenvalue weighted by molar-refractivity contribution is 6.25. The highest BCUT2D eigenvalue weighted by Crippen LogP contribution is 2.41. The van der Waals surface area contributed by atoms with Crippen molar-refractivity contribution >= 4 is 43.2 Å². The van der Waals surface area contributed by atoms with Gasteiger partial charge in [-0.3, -0.25) is 0 Å². The van der Waals surface area contributed by atoms with Gasteiger partial charge in [0.15, 0.2) is 0 Å². The largest absolute Gasteiger partial charge is 0.248 e. The van der Waals surface area contributed by atoms with Gasteiger partial charge in [0, 0.05) is 10.9 Å². The number of hydrogen-bond donors (Lipinski definition) is 0. The van der Waals surface area contributed by atoms with Gasteiger partial charge >= 0.3 is 0 Å². The fourth-order valence-corrected chi connectivity index (χ4v) is 5.27. The minimum Gasteiger partial charge on any atom is -0.248 e. The molecule has 1 nitrogen and oxygen atoms in total. The third-order valence-electron chi connectivity index (χ3n) is 6.82. The lowest BCUT2D eigenvalue weighted by Gasteiger charge is -2.16. The number of aromatic nitrogens is 1. The monoisotopic (exact) mass is 431 g/mol. The van der Waals surface area contributed by atoms with Gasteiger partial charge in [0.05, 0.1) is 11.2 Å². The summed E-state index contributed by atoms with van der Waals surface area (Å²) in [5.74, 6) is 0. The highest BCUT2D eigenvalue weighted by Gasteiger charge is 2.15. The lowest BCUT2D eigenvalue weighted by Crippen LogP contribution is -1.91. The van der Waals surface area contributed by atoms with E-state index in [0.717, 1.165) is 16.6 Å². The van der Waals surface area contributed by atoms with Crippen LogP contribution in [0.2, 0.25) is 0 Å². The van der Waals surface area contributed by atoms with Gasteiger partial charge in [0.2, 0.25) is 0 Å². The van der Waals surface area contributed by atoms with E-state index in [2.05, 4.69) is 127 Å². The van der Waals surface area contributed by atoms with Crippen LogP contribution in [0.5, 0.6) is 0 Å². The first-order chi connectivity index (χ1) is 16.9. The maximum absolute atomic E-state index is 5.05. The summed E-state index contributed by atoms with van der Waals surface area (Å²) in [6.45, 7) is 0. The van der Waals surface area contributed by atoms with E-state index in [4.69, 9.17) is 4.98 Å². The Bertz CT molecular complexity index is 1850. The summed E-state index contributed by atoms with van der Waals surface area (Å²) in [5, 5.41) is 8.76. The molecule has 0 saturated carbocycles. The van der Waals surface area contributed by atoms with Crippen LogP contribution >= 0.6 is 0 Å². The van der Waals surface area contributed by atoms with E-state index in [1.165, 1.54) is 49.0 Å². The molecular formula is C33H21N. The molecule has 1 heterocycles. The van der Waals surface area contributed by atoms with Crippen LogP contribution < -0.4 is 0 Å². The smallest absolute Gasteiger partial charge is 0.0716 e. The summed E-state index contributed by atoms with van der Waals surface area (Å²) in [6, 6.07) is 45.5. The molecule has 0 atom stereocenters. The molecule has 0 aliphatic rings. The summed E-state index contributed by atoms with van der Waals surface area (Å²) in [4.78, 5) is 5.05. The molecule has 7 aromatic rings. The average molecular weight is 432 g/mol. The van der Waals surface area contributed by atoms with Gasteiger partial charge < -0.3 is 0 Å². The predicted molar refractivity (Wildman–Crippen MR) is 145 cm³/mol. The Balaban J connectivity index is 1.63. The first-order valence-electron chi connectivity index (χ1n) is 11.7. The molecule has 6 aromatic carbocycles. The number of para-hydroxylation sites is 1. The summed E-state index contributed by atoms with van der Waals surface area (Å²) >= 11 is 0. The fourth-order valence-electron chi connectivity index (χ4n) is 5.27. The molecule has 0 radical (unpaired) electrons. The summed E-state index contributed by atoms with van der Waals surface area (Å²) in [7, 11) is 0. The second kappa shape index (κ2) is 7.54. The third kappa shape index (κ3) is 2.91. The first kappa shape index (κ1) is 19.0. The molecule has 158 valence electrons. The highest BCUT2D eigenvalue weighted by atomic mass is 14.7. The van der Waals surface area contributed by atoms with Crippen LogP contribution in [0.25, 0.3) is 65.6 Å². The molecule has 0 bridgehead atoms. The van der Waals surface area contributed by atoms with Crippen molar-refractivity contribution in [2.45, 2.75) is 0 Å². The Morgan fingerprint density at radius 1 is 0.412 bits per heavy atom. The van der Waals surface area contributed by atoms with E-state index in [1.807, 2.05) is 0 Å². The van der Waals surface area contributed by atoms with Crippen molar-refractivity contribution in [3.8, 4) is 22.4 Å². The maximum atomic E-state index is 5.05. The minimum atomic E-state index is 1.01. The van der Waals surface area contributed by atoms with E-state index in [9.17, 15) is 0 Å². The number of rotatable bonds is 2. The van der Waals surface area contributed by atoms with Crippen molar-refractivity contribution in [3.05, 3.63) is 127 Å². The van der Waals surface area contributed by atoms with E-state index >= 15 is 0 Å². The van der Waals surface area contributed by atoms with Gasteiger partial charge in [-0.1, -0.05) is 103 Å². The molecule has 1 heteroatoms. The molecule has 0 unspecified atom stereocenters. The number of hydrogen-bond acceptors (Lipinski definition) is 1. The quantitative estimate of drug-likeness (QED) is 0.249. The first-order valence-corrected chi connectivity index (χ1v) is 11.7. The molecule has 0 spiro atoms. The fraction of sp³-hybridized carbons (Fsp3) is 0. The van der Waals surface area contributed by atoms with E-state index in [-0.39, 0.29) is 0 Å². The second-order valence-corrected chi connectivity index (χ2v) is 8.79. The van der Waals surface area contributed by atoms with E-state index in [0.29, 0.717) is 0 Å². The topological polar surface area (TPSA) is 12.9 Å². The van der Waals surface area contributed by atoms with Crippen LogP contribution in [-0.2, 0) is 0 Å². The standard InChI is InChI=1S/C33H21N/c1-2-10-22(11-3-1)29-20-24-21-30(32-19-18-23-12-4-9-17-31(23)34-32)26-14-6-8-16-28(26)33(24)27-15-7-5-13-25(27)29/h1-21H. The molecule has 0 aliphatic heterocycles. The van der Waals surface area contributed by atoms with Crippen molar-refractivity contribution in [2.75, 3.05) is 0 Å². The van der Waals surface area contributed by atoms with Gasteiger partial charge in [-0.05, 0) is 67.7 Å². The Hall–Kier alpha value is -4.49. The number of benzene rings is 6. The molecule has 0 fully saturated rings. The molecule has 7 rings (SSSR count). The zero-order valence-corrected chi connectivity index (χ0v) is 18.6. The zero-order valence-electron chi connectivity index (χ0n) is 18.6. The van der Waals surface area contributed by atoms with Crippen LogP contribution in [0.4, 0.5) is 0 Å². The van der Waals surface area contributed by atoms with Crippen molar-refractivity contribution < 1.29 is 0 Å². The maximum Gasteiger partial charge on any atom is 0.0716 e. The van der Waals surface area contributed by atoms with Crippen LogP contribution in [0.15, 0.2) is 127 Å². The SMILES string of the molecule is c1ccc(-c2cc3cc(-c4ccc5ccccc5n4)c4ccccc4c3c3ccccc23)cc1. The molecule has 0 saturated heterocycles. The number of fused-ring (bicyclic) bond motifs is 6. The Morgan fingerprint density at radius 3 is 1.76 bits per heavy atom. The Kier molecular flexibility index (Phi) is 4.22. The Morgan fingerprint density at radius 2 is 1.00 bits per heavy atom. The van der Waals surface area contributed by atoms with E-state index < -0.39 is 0 Å². The van der Waals surface area contributed by atoms with Crippen molar-refractivity contribution in [1.82, 2.24) is 4.98 Å². The number of pyridine rings is 1. The summed E-state index contributed by atoms with van der Waals surface area (Å²) < 4.78 is 0. The van der Waals surface area contributed by atoms with Crippen molar-refractivity contribution in [3.63, 3.8) is 0 Å². The lowest BCUT2D eigenvalue weighted by atomic mass is 9.88. The Labute approximate surface area is 197 Å².